The number of rotatable bonds is 3. The molecule has 2 rings (SSSR count). The van der Waals surface area contributed by atoms with Crippen LogP contribution in [-0.2, 0) is 9.59 Å². The summed E-state index contributed by atoms with van der Waals surface area (Å²) in [5.74, 6) is -0.873. The fourth-order valence-corrected chi connectivity index (χ4v) is 2.61. The average molecular weight is 240 g/mol. The average Bonchev–Trinajstić information content (AvgIpc) is 2.22. The van der Waals surface area contributed by atoms with Crippen LogP contribution in [0.1, 0.15) is 26.2 Å². The summed E-state index contributed by atoms with van der Waals surface area (Å²) in [6, 6.07) is 0.341. The predicted octanol–water partition coefficient (Wildman–Crippen LogP) is 0.404. The fraction of sp³-hybridized carbons (Fsp3) is 0.833. The van der Waals surface area contributed by atoms with Gasteiger partial charge in [-0.1, -0.05) is 0 Å². The molecule has 0 aromatic rings. The molecule has 96 valence electrons. The van der Waals surface area contributed by atoms with E-state index in [1.807, 2.05) is 9.80 Å². The molecule has 2 aliphatic rings. The van der Waals surface area contributed by atoms with E-state index >= 15 is 0 Å². The number of carbonyl (C=O) groups excluding carboxylic acids is 1. The van der Waals surface area contributed by atoms with Gasteiger partial charge in [0.2, 0.25) is 5.91 Å². The first-order chi connectivity index (χ1) is 8.08. The lowest BCUT2D eigenvalue weighted by Gasteiger charge is -2.39. The highest BCUT2D eigenvalue weighted by atomic mass is 16.4. The molecule has 5 nitrogen and oxygen atoms in total. The van der Waals surface area contributed by atoms with E-state index in [9.17, 15) is 9.59 Å². The third-order valence-electron chi connectivity index (χ3n) is 3.79. The second-order valence-electron chi connectivity index (χ2n) is 5.16. The molecule has 0 aliphatic carbocycles. The van der Waals surface area contributed by atoms with Crippen LogP contribution in [0.5, 0.6) is 0 Å². The Bertz CT molecular complexity index is 313. The Kier molecular flexibility index (Phi) is 3.66. The van der Waals surface area contributed by atoms with Crippen LogP contribution < -0.4 is 0 Å². The van der Waals surface area contributed by atoms with Gasteiger partial charge in [-0.15, -0.1) is 0 Å². The van der Waals surface area contributed by atoms with E-state index in [2.05, 4.69) is 6.92 Å². The van der Waals surface area contributed by atoms with Crippen LogP contribution in [0.15, 0.2) is 0 Å². The summed E-state index contributed by atoms with van der Waals surface area (Å²) >= 11 is 0. The van der Waals surface area contributed by atoms with Crippen molar-refractivity contribution in [1.29, 1.82) is 0 Å². The van der Waals surface area contributed by atoms with Crippen LogP contribution >= 0.6 is 0 Å². The highest BCUT2D eigenvalue weighted by Gasteiger charge is 2.34. The predicted molar refractivity (Wildman–Crippen MR) is 62.6 cm³/mol. The Balaban J connectivity index is 1.76. The van der Waals surface area contributed by atoms with E-state index in [-0.39, 0.29) is 11.8 Å². The van der Waals surface area contributed by atoms with Crippen molar-refractivity contribution < 1.29 is 14.7 Å². The summed E-state index contributed by atoms with van der Waals surface area (Å²) in [6.45, 7) is 4.37. The second kappa shape index (κ2) is 5.04. The number of aliphatic carboxylic acids is 1. The minimum absolute atomic E-state index is 0.154. The molecule has 17 heavy (non-hydrogen) atoms. The number of piperidine rings is 1. The molecule has 1 atom stereocenters. The first-order valence-electron chi connectivity index (χ1n) is 6.32. The highest BCUT2D eigenvalue weighted by Crippen LogP contribution is 2.19. The molecule has 1 N–H and O–H groups in total. The van der Waals surface area contributed by atoms with Crippen LogP contribution in [0, 0.1) is 5.92 Å². The molecule has 0 aromatic heterocycles. The first kappa shape index (κ1) is 12.4. The van der Waals surface area contributed by atoms with E-state index < -0.39 is 5.97 Å². The van der Waals surface area contributed by atoms with Gasteiger partial charge in [0.15, 0.2) is 0 Å². The lowest BCUT2D eigenvalue weighted by Crippen LogP contribution is -2.55. The summed E-state index contributed by atoms with van der Waals surface area (Å²) in [5, 5.41) is 8.75. The fourth-order valence-electron chi connectivity index (χ4n) is 2.61. The summed E-state index contributed by atoms with van der Waals surface area (Å²) in [6.07, 6.45) is 3.38. The molecule has 5 heteroatoms. The van der Waals surface area contributed by atoms with E-state index in [4.69, 9.17) is 5.11 Å². The van der Waals surface area contributed by atoms with Gasteiger partial charge < -0.3 is 10.0 Å². The molecule has 2 aliphatic heterocycles. The highest BCUT2D eigenvalue weighted by molar-refractivity contribution is 5.79. The Hall–Kier alpha value is -1.10. The number of hydrogen-bond acceptors (Lipinski definition) is 3. The van der Waals surface area contributed by atoms with Gasteiger partial charge in [0.25, 0.3) is 0 Å². The molecule has 2 saturated heterocycles. The normalized spacial score (nSPS) is 26.6. The van der Waals surface area contributed by atoms with Gasteiger partial charge >= 0.3 is 5.97 Å². The number of carboxylic acid groups (broad SMARTS) is 1. The minimum Gasteiger partial charge on any atom is -0.481 e. The summed E-state index contributed by atoms with van der Waals surface area (Å²) in [4.78, 5) is 26.5. The van der Waals surface area contributed by atoms with Gasteiger partial charge in [-0.05, 0) is 26.2 Å². The van der Waals surface area contributed by atoms with Crippen molar-refractivity contribution in [2.45, 2.75) is 32.2 Å². The van der Waals surface area contributed by atoms with Gasteiger partial charge in [0.05, 0.1) is 12.5 Å². The van der Waals surface area contributed by atoms with Crippen molar-refractivity contribution in [3.05, 3.63) is 0 Å². The zero-order valence-electron chi connectivity index (χ0n) is 10.3. The summed E-state index contributed by atoms with van der Waals surface area (Å²) < 4.78 is 0. The maximum Gasteiger partial charge on any atom is 0.309 e. The van der Waals surface area contributed by atoms with E-state index in [1.165, 1.54) is 6.42 Å². The lowest BCUT2D eigenvalue weighted by molar-refractivity contribution is -0.150. The minimum atomic E-state index is -0.750. The van der Waals surface area contributed by atoms with E-state index in [0.29, 0.717) is 25.7 Å². The zero-order chi connectivity index (χ0) is 12.4. The van der Waals surface area contributed by atoms with Crippen molar-refractivity contribution in [3.8, 4) is 0 Å². The number of nitrogens with zero attached hydrogens (tertiary/aromatic N) is 2. The van der Waals surface area contributed by atoms with Crippen LogP contribution in [-0.4, -0.2) is 59.0 Å². The maximum atomic E-state index is 12.0. The van der Waals surface area contributed by atoms with Crippen LogP contribution in [0.2, 0.25) is 0 Å². The van der Waals surface area contributed by atoms with E-state index in [0.717, 1.165) is 19.4 Å². The molecule has 2 heterocycles. The van der Waals surface area contributed by atoms with Gasteiger partial charge in [-0.25, -0.2) is 0 Å². The molecule has 2 fully saturated rings. The van der Waals surface area contributed by atoms with Crippen molar-refractivity contribution in [2.24, 2.45) is 5.92 Å². The SMILES string of the molecule is C[C@@H]1CCCCN1C(=O)CN1CC(C(=O)O)C1. The molecule has 0 aromatic carbocycles. The summed E-state index contributed by atoms with van der Waals surface area (Å²) in [7, 11) is 0. The van der Waals surface area contributed by atoms with E-state index in [1.54, 1.807) is 0 Å². The number of carboxylic acids is 1. The number of carbonyl (C=O) groups is 2. The Morgan fingerprint density at radius 1 is 1.29 bits per heavy atom. The number of hydrogen-bond donors (Lipinski definition) is 1. The Morgan fingerprint density at radius 3 is 2.59 bits per heavy atom. The standard InChI is InChI=1S/C12H20N2O3/c1-9-4-2-3-5-14(9)11(15)8-13-6-10(7-13)12(16)17/h9-10H,2-8H2,1H3,(H,16,17)/t9-/m1/s1. The lowest BCUT2D eigenvalue weighted by atomic mass is 10.00. The molecule has 0 unspecified atom stereocenters. The van der Waals surface area contributed by atoms with Crippen LogP contribution in [0.4, 0.5) is 0 Å². The topological polar surface area (TPSA) is 60.9 Å². The van der Waals surface area contributed by atoms with Crippen molar-refractivity contribution in [3.63, 3.8) is 0 Å². The zero-order valence-corrected chi connectivity index (χ0v) is 10.3. The third-order valence-corrected chi connectivity index (χ3v) is 3.79. The molecular formula is C12H20N2O3. The quantitative estimate of drug-likeness (QED) is 0.776. The molecule has 0 spiro atoms. The smallest absolute Gasteiger partial charge is 0.309 e. The molecule has 0 radical (unpaired) electrons. The molecule has 0 bridgehead atoms. The summed E-state index contributed by atoms with van der Waals surface area (Å²) in [5.41, 5.74) is 0. The Morgan fingerprint density at radius 2 is 2.00 bits per heavy atom. The largest absolute Gasteiger partial charge is 0.481 e. The number of amides is 1. The second-order valence-corrected chi connectivity index (χ2v) is 5.16. The Labute approximate surface area is 101 Å². The monoisotopic (exact) mass is 240 g/mol. The third kappa shape index (κ3) is 2.77. The molecule has 1 amide bonds. The van der Waals surface area contributed by atoms with Crippen LogP contribution in [0.3, 0.4) is 0 Å². The first-order valence-corrected chi connectivity index (χ1v) is 6.32. The van der Waals surface area contributed by atoms with Crippen molar-refractivity contribution >= 4 is 11.9 Å². The van der Waals surface area contributed by atoms with Gasteiger partial charge in [-0.2, -0.15) is 0 Å². The molecular weight excluding hydrogens is 220 g/mol. The van der Waals surface area contributed by atoms with Crippen LogP contribution in [0.25, 0.3) is 0 Å². The molecule has 0 saturated carbocycles. The number of likely N-dealkylation sites (tertiary alicyclic amines) is 2. The maximum absolute atomic E-state index is 12.0. The van der Waals surface area contributed by atoms with Gasteiger partial charge in [0, 0.05) is 25.7 Å². The van der Waals surface area contributed by atoms with Gasteiger partial charge in [-0.3, -0.25) is 14.5 Å². The van der Waals surface area contributed by atoms with Crippen molar-refractivity contribution in [1.82, 2.24) is 9.80 Å². The van der Waals surface area contributed by atoms with Crippen molar-refractivity contribution in [2.75, 3.05) is 26.2 Å². The van der Waals surface area contributed by atoms with Gasteiger partial charge in [0.1, 0.15) is 0 Å².